The van der Waals surface area contributed by atoms with Crippen LogP contribution in [0.2, 0.25) is 10.0 Å². The van der Waals surface area contributed by atoms with Gasteiger partial charge in [-0.25, -0.2) is 0 Å². The van der Waals surface area contributed by atoms with Crippen molar-refractivity contribution in [1.29, 1.82) is 0 Å². The van der Waals surface area contributed by atoms with Gasteiger partial charge in [0.15, 0.2) is 0 Å². The highest BCUT2D eigenvalue weighted by Gasteiger charge is 2.13. The number of aliphatic carboxylic acids is 1. The number of anilines is 2. The smallest absolute Gasteiger partial charge is 0.303 e. The molecule has 9 heteroatoms. The number of aryl methyl sites for hydroxylation is 1. The topological polar surface area (TPSA) is 93.4 Å². The predicted molar refractivity (Wildman–Crippen MR) is 126 cm³/mol. The van der Waals surface area contributed by atoms with E-state index in [1.807, 2.05) is 26.0 Å². The third-order valence-electron chi connectivity index (χ3n) is 4.49. The quantitative estimate of drug-likeness (QED) is 0.444. The van der Waals surface area contributed by atoms with Crippen LogP contribution in [-0.4, -0.2) is 26.7 Å². The van der Waals surface area contributed by atoms with E-state index in [-0.39, 0.29) is 18.9 Å². The Labute approximate surface area is 195 Å². The van der Waals surface area contributed by atoms with Crippen LogP contribution in [-0.2, 0) is 17.8 Å². The molecule has 2 N–H and O–H groups in total. The monoisotopic (exact) mass is 475 g/mol. The number of nitrogens with zero attached hydrogens (tertiary/aromatic N) is 2. The summed E-state index contributed by atoms with van der Waals surface area (Å²) in [5.41, 5.74) is 1.41. The summed E-state index contributed by atoms with van der Waals surface area (Å²) in [6.45, 7) is 4.22. The number of halogens is 2. The molecule has 0 spiro atoms. The van der Waals surface area contributed by atoms with Crippen LogP contribution >= 0.6 is 23.2 Å². The van der Waals surface area contributed by atoms with Crippen LogP contribution in [0.1, 0.15) is 31.4 Å². The van der Waals surface area contributed by atoms with E-state index in [9.17, 15) is 9.59 Å². The first-order valence-electron chi connectivity index (χ1n) is 10.0. The molecule has 0 fully saturated rings. The zero-order valence-electron chi connectivity index (χ0n) is 17.6. The Balaban J connectivity index is 1.94. The molecule has 32 heavy (non-hydrogen) atoms. The van der Waals surface area contributed by atoms with Gasteiger partial charge in [0, 0.05) is 28.9 Å². The largest absolute Gasteiger partial charge is 0.489 e. The Bertz CT molecular complexity index is 1160. The lowest BCUT2D eigenvalue weighted by molar-refractivity contribution is -0.136. The molecule has 2 aromatic carbocycles. The van der Waals surface area contributed by atoms with Crippen LogP contribution in [0, 0.1) is 0 Å². The highest BCUT2D eigenvalue weighted by molar-refractivity contribution is 6.32. The van der Waals surface area contributed by atoms with Gasteiger partial charge in [0.25, 0.3) is 5.56 Å². The van der Waals surface area contributed by atoms with E-state index < -0.39 is 11.5 Å². The molecule has 0 bridgehead atoms. The fourth-order valence-electron chi connectivity index (χ4n) is 3.01. The van der Waals surface area contributed by atoms with E-state index in [2.05, 4.69) is 10.3 Å². The molecule has 0 radical (unpaired) electrons. The molecule has 3 aromatic rings. The van der Waals surface area contributed by atoms with Crippen LogP contribution in [0.25, 0.3) is 0 Å². The number of benzene rings is 2. The molecule has 3 rings (SSSR count). The van der Waals surface area contributed by atoms with Crippen LogP contribution in [0.5, 0.6) is 5.75 Å². The molecule has 0 saturated heterocycles. The molecule has 0 unspecified atom stereocenters. The number of ether oxygens (including phenoxy) is 1. The minimum Gasteiger partial charge on any atom is -0.489 e. The number of nitrogens with one attached hydrogen (secondary N) is 1. The Morgan fingerprint density at radius 2 is 1.91 bits per heavy atom. The molecule has 0 aliphatic rings. The zero-order valence-corrected chi connectivity index (χ0v) is 19.2. The molecule has 168 valence electrons. The Morgan fingerprint density at radius 3 is 2.53 bits per heavy atom. The van der Waals surface area contributed by atoms with E-state index in [0.717, 1.165) is 5.56 Å². The second-order valence-electron chi connectivity index (χ2n) is 7.48. The highest BCUT2D eigenvalue weighted by atomic mass is 35.5. The van der Waals surface area contributed by atoms with Crippen LogP contribution in [0.3, 0.4) is 0 Å². The first kappa shape index (κ1) is 23.6. The molecule has 0 aliphatic heterocycles. The van der Waals surface area contributed by atoms with Gasteiger partial charge in [-0.2, -0.15) is 4.98 Å². The molecule has 0 saturated carbocycles. The number of carbonyl (C=O) groups is 1. The van der Waals surface area contributed by atoms with E-state index in [4.69, 9.17) is 33.0 Å². The average Bonchev–Trinajstić information content (AvgIpc) is 2.72. The van der Waals surface area contributed by atoms with Gasteiger partial charge >= 0.3 is 5.97 Å². The maximum atomic E-state index is 12.5. The minimum atomic E-state index is -0.978. The van der Waals surface area contributed by atoms with Crippen molar-refractivity contribution in [1.82, 2.24) is 9.55 Å². The number of hydrogen-bond acceptors (Lipinski definition) is 5. The maximum Gasteiger partial charge on any atom is 0.303 e. The van der Waals surface area contributed by atoms with Crippen molar-refractivity contribution < 1.29 is 14.6 Å². The zero-order chi connectivity index (χ0) is 23.3. The Morgan fingerprint density at radius 1 is 1.19 bits per heavy atom. The van der Waals surface area contributed by atoms with Crippen LogP contribution < -0.4 is 15.6 Å². The summed E-state index contributed by atoms with van der Waals surface area (Å²) in [5.74, 6) is -0.116. The first-order chi connectivity index (χ1) is 15.2. The van der Waals surface area contributed by atoms with Crippen molar-refractivity contribution in [2.75, 3.05) is 5.32 Å². The number of hydrogen-bond donors (Lipinski definition) is 2. The molecule has 1 aromatic heterocycles. The standard InChI is InChI=1S/C23H23Cl2N3O4/c1-14(2)32-20-9-8-18(11-19(20)25)26-23-27-22(31)16(5-10-21(29)30)13-28(23)12-15-3-6-17(24)7-4-15/h3-4,6-9,11,13-14H,5,10,12H2,1-2H3,(H,29,30)(H,26,27,31). The van der Waals surface area contributed by atoms with Crippen molar-refractivity contribution in [3.8, 4) is 5.75 Å². The number of carboxylic acids is 1. The third-order valence-corrected chi connectivity index (χ3v) is 5.04. The van der Waals surface area contributed by atoms with Gasteiger partial charge in [-0.15, -0.1) is 0 Å². The van der Waals surface area contributed by atoms with Gasteiger partial charge in [-0.05, 0) is 56.2 Å². The van der Waals surface area contributed by atoms with E-state index in [0.29, 0.717) is 39.5 Å². The van der Waals surface area contributed by atoms with Crippen LogP contribution in [0.15, 0.2) is 53.5 Å². The molecule has 0 aliphatic carbocycles. The number of aromatic nitrogens is 2. The van der Waals surface area contributed by atoms with Crippen molar-refractivity contribution in [2.45, 2.75) is 39.3 Å². The Hall–Kier alpha value is -3.03. The van der Waals surface area contributed by atoms with Gasteiger partial charge in [0.2, 0.25) is 5.95 Å². The van der Waals surface area contributed by atoms with Gasteiger partial charge in [-0.3, -0.25) is 9.59 Å². The maximum absolute atomic E-state index is 12.5. The summed E-state index contributed by atoms with van der Waals surface area (Å²) in [6, 6.07) is 12.5. The minimum absolute atomic E-state index is 0.0177. The summed E-state index contributed by atoms with van der Waals surface area (Å²) >= 11 is 12.3. The lowest BCUT2D eigenvalue weighted by Crippen LogP contribution is -2.21. The van der Waals surface area contributed by atoms with Crippen molar-refractivity contribution in [3.63, 3.8) is 0 Å². The van der Waals surface area contributed by atoms with E-state index in [1.54, 1.807) is 41.1 Å². The van der Waals surface area contributed by atoms with Gasteiger partial charge < -0.3 is 19.7 Å². The third kappa shape index (κ3) is 6.48. The fraction of sp³-hybridized carbons (Fsp3) is 0.261. The predicted octanol–water partition coefficient (Wildman–Crippen LogP) is 5.15. The summed E-state index contributed by atoms with van der Waals surface area (Å²) in [4.78, 5) is 27.6. The molecule has 1 heterocycles. The average molecular weight is 476 g/mol. The van der Waals surface area contributed by atoms with Gasteiger partial charge in [0.1, 0.15) is 5.75 Å². The number of rotatable bonds is 9. The first-order valence-corrected chi connectivity index (χ1v) is 10.8. The van der Waals surface area contributed by atoms with E-state index in [1.165, 1.54) is 0 Å². The summed E-state index contributed by atoms with van der Waals surface area (Å²) < 4.78 is 7.41. The molecule has 0 atom stereocenters. The van der Waals surface area contributed by atoms with Crippen molar-refractivity contribution in [2.24, 2.45) is 0 Å². The second kappa shape index (κ2) is 10.5. The number of carboxylic acid groups (broad SMARTS) is 1. The second-order valence-corrected chi connectivity index (χ2v) is 8.32. The van der Waals surface area contributed by atoms with Gasteiger partial charge in [0.05, 0.1) is 17.7 Å². The lowest BCUT2D eigenvalue weighted by atomic mass is 10.2. The molecule has 7 nitrogen and oxygen atoms in total. The van der Waals surface area contributed by atoms with E-state index >= 15 is 0 Å². The highest BCUT2D eigenvalue weighted by Crippen LogP contribution is 2.29. The SMILES string of the molecule is CC(C)Oc1ccc(Nc2nc(=O)c(CCC(=O)O)cn2Cc2ccc(Cl)cc2)cc1Cl. The Kier molecular flexibility index (Phi) is 7.77. The normalized spacial score (nSPS) is 10.9. The molecule has 0 amide bonds. The summed E-state index contributed by atoms with van der Waals surface area (Å²) in [6.07, 6.45) is 1.55. The summed E-state index contributed by atoms with van der Waals surface area (Å²) in [5, 5.41) is 13.1. The molecular weight excluding hydrogens is 453 g/mol. The fourth-order valence-corrected chi connectivity index (χ4v) is 3.36. The molecular formula is C23H23Cl2N3O4. The summed E-state index contributed by atoms with van der Waals surface area (Å²) in [7, 11) is 0. The van der Waals surface area contributed by atoms with Crippen LogP contribution in [0.4, 0.5) is 11.6 Å². The van der Waals surface area contributed by atoms with Gasteiger partial charge in [-0.1, -0.05) is 35.3 Å². The lowest BCUT2D eigenvalue weighted by Gasteiger charge is -2.17. The van der Waals surface area contributed by atoms with Crippen molar-refractivity contribution in [3.05, 3.63) is 80.2 Å². The van der Waals surface area contributed by atoms with Crippen molar-refractivity contribution >= 4 is 40.8 Å².